The predicted molar refractivity (Wildman–Crippen MR) is 229 cm³/mol. The van der Waals surface area contributed by atoms with Gasteiger partial charge in [-0.3, -0.25) is 0 Å². The first-order valence-corrected chi connectivity index (χ1v) is 23.2. The van der Waals surface area contributed by atoms with Crippen molar-refractivity contribution in [3.05, 3.63) is 159 Å². The summed E-state index contributed by atoms with van der Waals surface area (Å²) in [5, 5.41) is 9.48. The third kappa shape index (κ3) is 10.3. The number of H-pyrrole nitrogens is 1. The van der Waals surface area contributed by atoms with Gasteiger partial charge in [-0.2, -0.15) is 0 Å². The molecule has 1 aromatic heterocycles. The van der Waals surface area contributed by atoms with Gasteiger partial charge in [0.25, 0.3) is 0 Å². The molecule has 310 valence electrons. The summed E-state index contributed by atoms with van der Waals surface area (Å²) in [7, 11) is 1.53. The molecule has 1 saturated heterocycles. The van der Waals surface area contributed by atoms with Crippen molar-refractivity contribution in [3.8, 4) is 17.6 Å². The van der Waals surface area contributed by atoms with Crippen molar-refractivity contribution in [1.82, 2.24) is 14.2 Å². The molecule has 12 nitrogen and oxygen atoms in total. The van der Waals surface area contributed by atoms with Crippen molar-refractivity contribution in [1.29, 1.82) is 5.26 Å². The van der Waals surface area contributed by atoms with Crippen LogP contribution in [0.25, 0.3) is 0 Å². The molecule has 1 unspecified atom stereocenters. The Morgan fingerprint density at radius 3 is 1.92 bits per heavy atom. The molecular weight excluding hydrogens is 883 g/mol. The Hall–Kier alpha value is -4.33. The molecule has 0 amide bonds. The van der Waals surface area contributed by atoms with E-state index < -0.39 is 64.7 Å². The first kappa shape index (κ1) is 44.2. The van der Waals surface area contributed by atoms with Crippen LogP contribution in [-0.2, 0) is 24.1 Å². The van der Waals surface area contributed by atoms with Crippen LogP contribution in [-0.4, -0.2) is 86.9 Å². The van der Waals surface area contributed by atoms with Crippen LogP contribution >= 0.6 is 8.53 Å². The number of hydrogen-bond donors (Lipinski definition) is 1. The van der Waals surface area contributed by atoms with Gasteiger partial charge in [0, 0.05) is 0 Å². The van der Waals surface area contributed by atoms with Crippen LogP contribution in [0.3, 0.4) is 0 Å². The van der Waals surface area contributed by atoms with E-state index in [1.54, 1.807) is 14.2 Å². The molecule has 1 N–H and O–H groups in total. The topological polar surface area (TPSA) is 137 Å². The fraction of sp³-hybridized carbons (Fsp3) is 0.356. The van der Waals surface area contributed by atoms with Crippen LogP contribution in [0, 0.1) is 11.3 Å². The van der Waals surface area contributed by atoms with Crippen molar-refractivity contribution in [3.63, 3.8) is 0 Å². The van der Waals surface area contributed by atoms with Crippen LogP contribution in [0.4, 0.5) is 0 Å². The number of nitrogens with one attached hydrogen (secondary N) is 1. The van der Waals surface area contributed by atoms with Gasteiger partial charge in [0.15, 0.2) is 0 Å². The normalized spacial score (nSPS) is 18.6. The Morgan fingerprint density at radius 2 is 1.39 bits per heavy atom. The Morgan fingerprint density at radius 1 is 0.831 bits per heavy atom. The van der Waals surface area contributed by atoms with E-state index in [2.05, 4.69) is 55.6 Å². The van der Waals surface area contributed by atoms with Crippen LogP contribution in [0.5, 0.6) is 11.5 Å². The van der Waals surface area contributed by atoms with E-state index in [1.165, 1.54) is 16.8 Å². The van der Waals surface area contributed by atoms with Crippen molar-refractivity contribution in [2.45, 2.75) is 74.2 Å². The average Bonchev–Trinajstić information content (AvgIpc) is 3.57. The van der Waals surface area contributed by atoms with E-state index in [-0.39, 0.29) is 35.7 Å². The molecule has 0 bridgehead atoms. The van der Waals surface area contributed by atoms with Crippen LogP contribution in [0.15, 0.2) is 131 Å². The number of rotatable bonds is 19. The van der Waals surface area contributed by atoms with E-state index in [1.807, 2.05) is 97.1 Å². The summed E-state index contributed by atoms with van der Waals surface area (Å²) in [5.74, 6) is 1.40. The number of nitrogens with zero attached hydrogens (tertiary/aromatic N) is 3. The van der Waals surface area contributed by atoms with E-state index in [0.717, 1.165) is 20.3 Å². The molecule has 4 aromatic carbocycles. The van der Waals surface area contributed by atoms with E-state index in [9.17, 15) is 14.9 Å². The molecule has 1 aliphatic rings. The van der Waals surface area contributed by atoms with Gasteiger partial charge in [-0.15, -0.1) is 0 Å². The van der Waals surface area contributed by atoms with Gasteiger partial charge in [0.1, 0.15) is 0 Å². The standard InChI is InChI=1S/C45H51N4O8PTe/c1-31(2)49(32(3)4)58(55-29-13-27-46)57-41-39(56-43(48-28-26-40(50)47-44(48)51)42(41)59-38-16-11-8-12-17-38)30-54-45(33-14-9-7-10-15-33,34-18-22-36(52-5)23-19-34)35-20-24-37(53-6)25-21-35/h7-12,14-26,28,31-32,39,41-43H,13,29-30H2,1-6H3,(H,47,50,51)/t39-,41-,42-,43-,58?/m1/s1. The molecule has 14 heteroatoms. The molecule has 0 radical (unpaired) electrons. The number of hydrogen-bond acceptors (Lipinski definition) is 10. The number of methoxy groups -OCH3 is 2. The monoisotopic (exact) mass is 936 g/mol. The average molecular weight is 934 g/mol. The zero-order chi connectivity index (χ0) is 41.9. The first-order valence-electron chi connectivity index (χ1n) is 19.5. The molecule has 5 aromatic rings. The van der Waals surface area contributed by atoms with E-state index in [4.69, 9.17) is 28.0 Å². The maximum atomic E-state index is 13.6. The van der Waals surface area contributed by atoms with Crippen molar-refractivity contribution in [2.24, 2.45) is 0 Å². The molecule has 5 atom stereocenters. The fourth-order valence-corrected chi connectivity index (χ4v) is 13.0. The van der Waals surface area contributed by atoms with Crippen LogP contribution < -0.4 is 24.3 Å². The number of nitriles is 1. The van der Waals surface area contributed by atoms with Crippen molar-refractivity contribution >= 4 is 33.1 Å². The summed E-state index contributed by atoms with van der Waals surface area (Å²) >= 11 is -1.17. The van der Waals surface area contributed by atoms with Gasteiger partial charge in [-0.1, -0.05) is 0 Å². The second-order valence-corrected chi connectivity index (χ2v) is 19.4. The van der Waals surface area contributed by atoms with Crippen molar-refractivity contribution in [2.75, 3.05) is 27.4 Å². The van der Waals surface area contributed by atoms with Gasteiger partial charge in [-0.25, -0.2) is 0 Å². The minimum absolute atomic E-state index is 0.0230. The number of benzene rings is 4. The second-order valence-electron chi connectivity index (χ2n) is 14.4. The van der Waals surface area contributed by atoms with Gasteiger partial charge >= 0.3 is 359 Å². The summed E-state index contributed by atoms with van der Waals surface area (Å²) in [6.45, 7) is 8.57. The zero-order valence-corrected chi connectivity index (χ0v) is 37.3. The van der Waals surface area contributed by atoms with Crippen molar-refractivity contribution < 1.29 is 28.0 Å². The number of ether oxygens (including phenoxy) is 4. The van der Waals surface area contributed by atoms with Gasteiger partial charge in [-0.05, 0) is 0 Å². The third-order valence-corrected chi connectivity index (χ3v) is 15.8. The van der Waals surface area contributed by atoms with Crippen LogP contribution in [0.1, 0.15) is 57.0 Å². The predicted octanol–water partition coefficient (Wildman–Crippen LogP) is 6.94. The Bertz CT molecular complexity index is 2180. The minimum atomic E-state index is -1.74. The Labute approximate surface area is 357 Å². The van der Waals surface area contributed by atoms with E-state index in [0.29, 0.717) is 11.5 Å². The summed E-state index contributed by atoms with van der Waals surface area (Å²) in [5.41, 5.74) is 0.326. The molecule has 6 rings (SSSR count). The molecule has 0 spiro atoms. The number of aromatic amines is 1. The summed E-state index contributed by atoms with van der Waals surface area (Å²) in [6.07, 6.45) is -0.504. The van der Waals surface area contributed by atoms with Gasteiger partial charge < -0.3 is 0 Å². The SMILES string of the molecule is COc1ccc(C(OC[C@H]2O[C@@H](n3ccc(=O)[nH]c3=O)[C@H]([Te]c3ccccc3)[C@@H]2OP(OCCC#N)N(C(C)C)C(C)C)(c2ccccc2)c2ccc(OC)cc2)cc1. The molecule has 1 aliphatic heterocycles. The Balaban J connectivity index is 1.52. The van der Waals surface area contributed by atoms with Gasteiger partial charge in [0.2, 0.25) is 0 Å². The zero-order valence-electron chi connectivity index (χ0n) is 34.1. The maximum absolute atomic E-state index is 13.6. The van der Waals surface area contributed by atoms with Gasteiger partial charge in [0.05, 0.1) is 0 Å². The first-order chi connectivity index (χ1) is 28.6. The quantitative estimate of drug-likeness (QED) is 0.0402. The molecule has 59 heavy (non-hydrogen) atoms. The molecule has 1 fully saturated rings. The summed E-state index contributed by atoms with van der Waals surface area (Å²) in [4.78, 5) is 28.3. The number of aromatic nitrogens is 2. The molecule has 0 aliphatic carbocycles. The Kier molecular flexibility index (Phi) is 15.6. The third-order valence-electron chi connectivity index (χ3n) is 9.94. The summed E-state index contributed by atoms with van der Waals surface area (Å²) in [6, 6.07) is 39.4. The molecular formula is C45H51N4O8PTe. The summed E-state index contributed by atoms with van der Waals surface area (Å²) < 4.78 is 43.8. The molecule has 0 saturated carbocycles. The molecule has 2 heterocycles. The fourth-order valence-electron chi connectivity index (χ4n) is 7.28. The van der Waals surface area contributed by atoms with Crippen LogP contribution in [0.2, 0.25) is 3.97 Å². The second kappa shape index (κ2) is 20.8. The van der Waals surface area contributed by atoms with E-state index >= 15 is 0 Å².